The monoisotopic (exact) mass is 607 g/mol. The van der Waals surface area contributed by atoms with E-state index in [1.807, 2.05) is 86.3 Å². The lowest BCUT2D eigenvalue weighted by Gasteiger charge is -2.46. The van der Waals surface area contributed by atoms with Crippen LogP contribution in [0.1, 0.15) is 65.0 Å². The molecule has 3 aromatic carbocycles. The highest BCUT2D eigenvalue weighted by molar-refractivity contribution is 9.10. The van der Waals surface area contributed by atoms with Crippen LogP contribution in [-0.4, -0.2) is 36.7 Å². The number of amides is 1. The molecule has 1 aliphatic rings. The van der Waals surface area contributed by atoms with Crippen LogP contribution >= 0.6 is 15.9 Å². The van der Waals surface area contributed by atoms with Crippen molar-refractivity contribution < 1.29 is 19.0 Å². The van der Waals surface area contributed by atoms with E-state index in [-0.39, 0.29) is 16.9 Å². The predicted molar refractivity (Wildman–Crippen MR) is 164 cm³/mol. The molecule has 1 saturated heterocycles. The zero-order chi connectivity index (χ0) is 29.0. The van der Waals surface area contributed by atoms with Crippen molar-refractivity contribution in [2.75, 3.05) is 20.3 Å². The number of hydrogen-bond donors (Lipinski definition) is 0. The van der Waals surface area contributed by atoms with E-state index < -0.39 is 5.41 Å². The van der Waals surface area contributed by atoms with E-state index >= 15 is 0 Å². The van der Waals surface area contributed by atoms with E-state index in [0.717, 1.165) is 46.5 Å². The molecule has 0 saturated carbocycles. The molecule has 40 heavy (non-hydrogen) atoms. The van der Waals surface area contributed by atoms with Crippen LogP contribution in [0.15, 0.2) is 77.3 Å². The fourth-order valence-corrected chi connectivity index (χ4v) is 5.89. The van der Waals surface area contributed by atoms with Gasteiger partial charge in [-0.05, 0) is 92.8 Å². The van der Waals surface area contributed by atoms with E-state index in [9.17, 15) is 4.79 Å². The zero-order valence-electron chi connectivity index (χ0n) is 24.6. The molecule has 214 valence electrons. The topological polar surface area (TPSA) is 48.0 Å². The molecule has 1 amide bonds. The first-order valence-electron chi connectivity index (χ1n) is 14.0. The van der Waals surface area contributed by atoms with E-state index in [0.29, 0.717) is 19.7 Å². The highest BCUT2D eigenvalue weighted by Gasteiger charge is 2.42. The Balaban J connectivity index is 1.54. The van der Waals surface area contributed by atoms with Gasteiger partial charge in [0.2, 0.25) is 5.91 Å². The fourth-order valence-electron chi connectivity index (χ4n) is 5.62. The second kappa shape index (κ2) is 12.4. The summed E-state index contributed by atoms with van der Waals surface area (Å²) >= 11 is 3.46. The van der Waals surface area contributed by atoms with Gasteiger partial charge in [0, 0.05) is 35.0 Å². The highest BCUT2D eigenvalue weighted by Crippen LogP contribution is 2.44. The van der Waals surface area contributed by atoms with Gasteiger partial charge in [-0.25, -0.2) is 0 Å². The maximum absolute atomic E-state index is 13.7. The molecule has 6 heteroatoms. The second-order valence-electron chi connectivity index (χ2n) is 12.5. The van der Waals surface area contributed by atoms with Crippen molar-refractivity contribution in [3.8, 4) is 17.2 Å². The number of nitrogens with zero attached hydrogens (tertiary/aromatic N) is 1. The summed E-state index contributed by atoms with van der Waals surface area (Å²) in [6.45, 7) is 12.2. The van der Waals surface area contributed by atoms with Crippen LogP contribution in [0.5, 0.6) is 17.2 Å². The third-order valence-electron chi connectivity index (χ3n) is 7.68. The molecule has 5 nitrogen and oxygen atoms in total. The van der Waals surface area contributed by atoms with Crippen LogP contribution in [0.3, 0.4) is 0 Å². The summed E-state index contributed by atoms with van der Waals surface area (Å²) < 4.78 is 18.6. The van der Waals surface area contributed by atoms with Crippen molar-refractivity contribution in [3.63, 3.8) is 0 Å². The van der Waals surface area contributed by atoms with Crippen LogP contribution in [0.4, 0.5) is 0 Å². The van der Waals surface area contributed by atoms with Crippen LogP contribution in [0.25, 0.3) is 0 Å². The number of carbonyl (C=O) groups excluding carboxylic acids is 1. The summed E-state index contributed by atoms with van der Waals surface area (Å²) in [5.41, 5.74) is 1.55. The lowest BCUT2D eigenvalue weighted by molar-refractivity contribution is -0.140. The number of hydrogen-bond acceptors (Lipinski definition) is 4. The smallest absolute Gasteiger partial charge is 0.228 e. The van der Waals surface area contributed by atoms with Gasteiger partial charge in [-0.1, -0.05) is 61.0 Å². The fraction of sp³-hybridized carbons (Fsp3) is 0.441. The Hall–Kier alpha value is -2.83. The first-order chi connectivity index (χ1) is 18.9. The Kier molecular flexibility index (Phi) is 9.31. The molecular formula is C34H42BrNO4. The van der Waals surface area contributed by atoms with Crippen molar-refractivity contribution >= 4 is 21.8 Å². The molecule has 0 radical (unpaired) electrons. The quantitative estimate of drug-likeness (QED) is 0.244. The van der Waals surface area contributed by atoms with E-state index in [4.69, 9.17) is 14.2 Å². The molecule has 1 heterocycles. The van der Waals surface area contributed by atoms with Crippen LogP contribution in [0, 0.1) is 5.41 Å². The predicted octanol–water partition coefficient (Wildman–Crippen LogP) is 8.54. The number of benzene rings is 3. The summed E-state index contributed by atoms with van der Waals surface area (Å²) in [5.74, 6) is 2.55. The summed E-state index contributed by atoms with van der Waals surface area (Å²) in [6.07, 6.45) is 2.67. The lowest BCUT2D eigenvalue weighted by Crippen LogP contribution is -2.47. The molecule has 1 atom stereocenters. The zero-order valence-corrected chi connectivity index (χ0v) is 26.2. The molecule has 0 aromatic heterocycles. The maximum Gasteiger partial charge on any atom is 0.228 e. The first-order valence-corrected chi connectivity index (χ1v) is 14.8. The molecule has 4 rings (SSSR count). The Labute approximate surface area is 248 Å². The van der Waals surface area contributed by atoms with E-state index in [1.165, 1.54) is 5.56 Å². The third kappa shape index (κ3) is 7.67. The second-order valence-corrected chi connectivity index (χ2v) is 13.4. The molecule has 0 bridgehead atoms. The molecule has 0 aliphatic carbocycles. The molecule has 1 unspecified atom stereocenters. The minimum atomic E-state index is -0.479. The van der Waals surface area contributed by atoms with Gasteiger partial charge in [-0.2, -0.15) is 0 Å². The van der Waals surface area contributed by atoms with Crippen molar-refractivity contribution in [1.82, 2.24) is 4.90 Å². The van der Waals surface area contributed by atoms with Gasteiger partial charge in [0.1, 0.15) is 17.2 Å². The van der Waals surface area contributed by atoms with Crippen molar-refractivity contribution in [2.45, 2.75) is 71.4 Å². The third-order valence-corrected chi connectivity index (χ3v) is 8.20. The molecule has 1 fully saturated rings. The van der Waals surface area contributed by atoms with E-state index in [2.05, 4.69) is 41.9 Å². The standard InChI is InChI=1S/C34H42BrNO4/c1-32(2,3)31(37)36(23-25-7-13-29(14-8-25)40-30-17-11-27(35)12-18-30)21-19-34(20-22-39-33(4,5)24-34)26-9-15-28(38-6)16-10-26/h7-18H,19-24H2,1-6H3. The number of ether oxygens (including phenoxy) is 3. The van der Waals surface area contributed by atoms with Crippen LogP contribution < -0.4 is 9.47 Å². The summed E-state index contributed by atoms with van der Waals surface area (Å²) in [7, 11) is 1.69. The molecule has 0 spiro atoms. The van der Waals surface area contributed by atoms with Gasteiger partial charge in [0.25, 0.3) is 0 Å². The minimum absolute atomic E-state index is 0.0905. The summed E-state index contributed by atoms with van der Waals surface area (Å²) in [5, 5.41) is 0. The maximum atomic E-state index is 13.7. The number of halogens is 1. The number of methoxy groups -OCH3 is 1. The van der Waals surface area contributed by atoms with E-state index in [1.54, 1.807) is 7.11 Å². The van der Waals surface area contributed by atoms with Crippen molar-refractivity contribution in [2.24, 2.45) is 5.41 Å². The summed E-state index contributed by atoms with van der Waals surface area (Å²) in [4.78, 5) is 15.7. The Morgan fingerprint density at radius 3 is 2.05 bits per heavy atom. The van der Waals surface area contributed by atoms with Crippen LogP contribution in [0.2, 0.25) is 0 Å². The average Bonchev–Trinajstić information content (AvgIpc) is 2.92. The van der Waals surface area contributed by atoms with Gasteiger partial charge in [0.15, 0.2) is 0 Å². The van der Waals surface area contributed by atoms with Gasteiger partial charge >= 0.3 is 0 Å². The SMILES string of the molecule is COc1ccc(C2(CCN(Cc3ccc(Oc4ccc(Br)cc4)cc3)C(=O)C(C)(C)C)CCOC(C)(C)C2)cc1. The van der Waals surface area contributed by atoms with Gasteiger partial charge < -0.3 is 19.1 Å². The van der Waals surface area contributed by atoms with Gasteiger partial charge in [-0.3, -0.25) is 4.79 Å². The molecule has 1 aliphatic heterocycles. The first kappa shape index (κ1) is 30.1. The van der Waals surface area contributed by atoms with Gasteiger partial charge in [0.05, 0.1) is 12.7 Å². The Bertz CT molecular complexity index is 1260. The van der Waals surface area contributed by atoms with Gasteiger partial charge in [-0.15, -0.1) is 0 Å². The van der Waals surface area contributed by atoms with Crippen molar-refractivity contribution in [1.29, 1.82) is 0 Å². The summed E-state index contributed by atoms with van der Waals surface area (Å²) in [6, 6.07) is 24.2. The highest BCUT2D eigenvalue weighted by atomic mass is 79.9. The van der Waals surface area contributed by atoms with Crippen molar-refractivity contribution in [3.05, 3.63) is 88.4 Å². The minimum Gasteiger partial charge on any atom is -0.497 e. The largest absolute Gasteiger partial charge is 0.497 e. The average molecular weight is 609 g/mol. The molecular weight excluding hydrogens is 566 g/mol. The Morgan fingerprint density at radius 2 is 1.50 bits per heavy atom. The molecule has 0 N–H and O–H groups in total. The Morgan fingerprint density at radius 1 is 0.925 bits per heavy atom. The molecule has 3 aromatic rings. The van der Waals surface area contributed by atoms with Crippen LogP contribution in [-0.2, 0) is 21.5 Å². The number of rotatable bonds is 9. The number of carbonyl (C=O) groups is 1. The lowest BCUT2D eigenvalue weighted by atomic mass is 9.67. The normalized spacial score (nSPS) is 18.7.